The molecule has 0 bridgehead atoms. The molecule has 0 aliphatic rings. The van der Waals surface area contributed by atoms with Gasteiger partial charge in [-0.1, -0.05) is 34.6 Å². The Kier molecular flexibility index (Phi) is 4.75. The molecule has 2 aromatic rings. The van der Waals surface area contributed by atoms with E-state index in [-0.39, 0.29) is 0 Å². The summed E-state index contributed by atoms with van der Waals surface area (Å²) in [5.41, 5.74) is 1.12. The third kappa shape index (κ3) is 3.01. The number of aryl methyl sites for hydroxylation is 1. The maximum Gasteiger partial charge on any atom is 0.195 e. The van der Waals surface area contributed by atoms with Crippen LogP contribution in [-0.4, -0.2) is 19.7 Å². The van der Waals surface area contributed by atoms with Crippen molar-refractivity contribution in [1.29, 1.82) is 0 Å². The summed E-state index contributed by atoms with van der Waals surface area (Å²) in [6, 6.07) is 0. The minimum absolute atomic E-state index is 0.444. The number of nitrogens with one attached hydrogen (secondary N) is 1. The van der Waals surface area contributed by atoms with E-state index in [9.17, 15) is 0 Å². The number of rotatable bonds is 5. The Bertz CT molecular complexity index is 634. The molecule has 2 rings (SSSR count). The summed E-state index contributed by atoms with van der Waals surface area (Å²) in [4.78, 5) is 5.91. The second kappa shape index (κ2) is 6.18. The summed E-state index contributed by atoms with van der Waals surface area (Å²) in [6.45, 7) is 11.7. The fourth-order valence-electron chi connectivity index (χ4n) is 2.06. The molecule has 0 atom stereocenters. The Morgan fingerprint density at radius 2 is 2.00 bits per heavy atom. The number of nitrogens with zero attached hydrogens (tertiary/aromatic N) is 3. The van der Waals surface area contributed by atoms with E-state index < -0.39 is 0 Å². The number of hydrogen-bond acceptors (Lipinski definition) is 4. The van der Waals surface area contributed by atoms with Crippen LogP contribution in [0.5, 0.6) is 0 Å². The Morgan fingerprint density at radius 3 is 2.55 bits per heavy atom. The van der Waals surface area contributed by atoms with E-state index in [1.54, 1.807) is 11.3 Å². The van der Waals surface area contributed by atoms with Crippen LogP contribution >= 0.6 is 23.6 Å². The van der Waals surface area contributed by atoms with E-state index in [2.05, 4.69) is 49.4 Å². The molecule has 2 heterocycles. The average Bonchev–Trinajstić information content (AvgIpc) is 2.94. The van der Waals surface area contributed by atoms with Crippen LogP contribution in [0.1, 0.15) is 51.2 Å². The van der Waals surface area contributed by atoms with Crippen molar-refractivity contribution in [2.45, 2.75) is 53.5 Å². The molecule has 0 saturated carbocycles. The van der Waals surface area contributed by atoms with Crippen molar-refractivity contribution in [2.24, 2.45) is 5.92 Å². The Hall–Kier alpha value is -1.01. The zero-order valence-corrected chi connectivity index (χ0v) is 14.4. The quantitative estimate of drug-likeness (QED) is 0.832. The first-order valence-corrected chi connectivity index (χ1v) is 8.31. The molecule has 0 fully saturated rings. The maximum absolute atomic E-state index is 5.36. The van der Waals surface area contributed by atoms with Gasteiger partial charge in [-0.05, 0) is 24.6 Å². The molecule has 0 unspecified atom stereocenters. The summed E-state index contributed by atoms with van der Waals surface area (Å²) in [5, 5.41) is 8.53. The van der Waals surface area contributed by atoms with Gasteiger partial charge in [0.1, 0.15) is 0 Å². The van der Waals surface area contributed by atoms with Gasteiger partial charge in [0.05, 0.1) is 15.6 Å². The molecule has 6 heteroatoms. The molecular formula is C14H22N4S2. The molecule has 0 aromatic carbocycles. The van der Waals surface area contributed by atoms with Gasteiger partial charge in [0.15, 0.2) is 10.6 Å². The van der Waals surface area contributed by atoms with Crippen molar-refractivity contribution >= 4 is 23.6 Å². The lowest BCUT2D eigenvalue weighted by Crippen LogP contribution is -2.06. The van der Waals surface area contributed by atoms with E-state index >= 15 is 0 Å². The van der Waals surface area contributed by atoms with E-state index in [0.29, 0.717) is 16.6 Å². The Morgan fingerprint density at radius 1 is 1.30 bits per heavy atom. The van der Waals surface area contributed by atoms with Crippen molar-refractivity contribution < 1.29 is 0 Å². The van der Waals surface area contributed by atoms with E-state index in [1.165, 1.54) is 5.01 Å². The zero-order valence-electron chi connectivity index (χ0n) is 12.7. The van der Waals surface area contributed by atoms with E-state index in [4.69, 9.17) is 17.2 Å². The van der Waals surface area contributed by atoms with Crippen LogP contribution in [0.3, 0.4) is 0 Å². The molecule has 0 aliphatic carbocycles. The fourth-order valence-corrected chi connectivity index (χ4v) is 3.42. The number of H-pyrrole nitrogens is 1. The molecular weight excluding hydrogens is 288 g/mol. The van der Waals surface area contributed by atoms with Crippen molar-refractivity contribution in [3.63, 3.8) is 0 Å². The molecule has 0 saturated heterocycles. The Labute approximate surface area is 129 Å². The van der Waals surface area contributed by atoms with Crippen LogP contribution in [0.25, 0.3) is 10.7 Å². The molecule has 4 nitrogen and oxygen atoms in total. The van der Waals surface area contributed by atoms with Crippen molar-refractivity contribution in [3.05, 3.63) is 15.5 Å². The van der Waals surface area contributed by atoms with Gasteiger partial charge in [-0.15, -0.1) is 11.3 Å². The molecule has 0 amide bonds. The number of hydrogen-bond donors (Lipinski definition) is 1. The lowest BCUT2D eigenvalue weighted by Gasteiger charge is -2.08. The smallest absolute Gasteiger partial charge is 0.195 e. The van der Waals surface area contributed by atoms with Gasteiger partial charge in [0.25, 0.3) is 0 Å². The van der Waals surface area contributed by atoms with E-state index in [1.807, 2.05) is 0 Å². The highest BCUT2D eigenvalue weighted by Gasteiger charge is 2.19. The minimum atomic E-state index is 0.444. The van der Waals surface area contributed by atoms with Gasteiger partial charge < -0.3 is 0 Å². The lowest BCUT2D eigenvalue weighted by molar-refractivity contribution is 0.521. The summed E-state index contributed by atoms with van der Waals surface area (Å²) >= 11 is 7.10. The first-order chi connectivity index (χ1) is 9.43. The fraction of sp³-hybridized carbons (Fsp3) is 0.643. The highest BCUT2D eigenvalue weighted by atomic mass is 32.1. The first-order valence-electron chi connectivity index (χ1n) is 7.09. The number of thiazole rings is 1. The second-order valence-corrected chi connectivity index (χ2v) is 7.11. The van der Waals surface area contributed by atoms with Gasteiger partial charge in [0.2, 0.25) is 0 Å². The SMILES string of the molecule is CCc1nc(C(C)C)sc1-c1n[nH]c(=S)n1CC(C)C. The highest BCUT2D eigenvalue weighted by Crippen LogP contribution is 2.33. The van der Waals surface area contributed by atoms with Crippen LogP contribution in [0.15, 0.2) is 0 Å². The normalized spacial score (nSPS) is 11.8. The molecule has 1 N–H and O–H groups in total. The standard InChI is InChI=1S/C14H22N4S2/c1-6-10-11(20-13(15-10)9(4)5)12-16-17-14(19)18(12)7-8(2)3/h8-9H,6-7H2,1-5H3,(H,17,19). The van der Waals surface area contributed by atoms with Crippen molar-refractivity contribution in [1.82, 2.24) is 19.7 Å². The van der Waals surface area contributed by atoms with Crippen molar-refractivity contribution in [2.75, 3.05) is 0 Å². The third-order valence-corrected chi connectivity index (χ3v) is 4.76. The summed E-state index contributed by atoms with van der Waals surface area (Å²) < 4.78 is 2.78. The topological polar surface area (TPSA) is 46.5 Å². The Balaban J connectivity index is 2.53. The van der Waals surface area contributed by atoms with Gasteiger partial charge in [0, 0.05) is 12.5 Å². The van der Waals surface area contributed by atoms with Crippen LogP contribution in [-0.2, 0) is 13.0 Å². The van der Waals surface area contributed by atoms with Gasteiger partial charge in [-0.3, -0.25) is 9.67 Å². The monoisotopic (exact) mass is 310 g/mol. The summed E-state index contributed by atoms with van der Waals surface area (Å²) in [7, 11) is 0. The average molecular weight is 310 g/mol. The van der Waals surface area contributed by atoms with Gasteiger partial charge in [-0.2, -0.15) is 5.10 Å². The number of aromatic amines is 1. The predicted molar refractivity (Wildman–Crippen MR) is 86.8 cm³/mol. The number of aromatic nitrogens is 4. The van der Waals surface area contributed by atoms with Crippen LogP contribution < -0.4 is 0 Å². The largest absolute Gasteiger partial charge is 0.299 e. The van der Waals surface area contributed by atoms with Crippen molar-refractivity contribution in [3.8, 4) is 10.7 Å². The third-order valence-electron chi connectivity index (χ3n) is 3.05. The van der Waals surface area contributed by atoms with E-state index in [0.717, 1.165) is 29.4 Å². The predicted octanol–water partition coefficient (Wildman–Crippen LogP) is 4.41. The van der Waals surface area contributed by atoms with Gasteiger partial charge >= 0.3 is 0 Å². The van der Waals surface area contributed by atoms with Gasteiger partial charge in [-0.25, -0.2) is 4.98 Å². The van der Waals surface area contributed by atoms with Crippen LogP contribution in [0.4, 0.5) is 0 Å². The van der Waals surface area contributed by atoms with Crippen LogP contribution in [0, 0.1) is 10.7 Å². The molecule has 0 radical (unpaired) electrons. The minimum Gasteiger partial charge on any atom is -0.299 e. The molecule has 2 aromatic heterocycles. The lowest BCUT2D eigenvalue weighted by atomic mass is 10.2. The second-order valence-electron chi connectivity index (χ2n) is 5.69. The molecule has 0 spiro atoms. The summed E-state index contributed by atoms with van der Waals surface area (Å²) in [6.07, 6.45) is 0.917. The van der Waals surface area contributed by atoms with Crippen LogP contribution in [0.2, 0.25) is 0 Å². The molecule has 20 heavy (non-hydrogen) atoms. The summed E-state index contributed by atoms with van der Waals surface area (Å²) in [5.74, 6) is 1.91. The first kappa shape index (κ1) is 15.4. The zero-order chi connectivity index (χ0) is 14.9. The molecule has 0 aliphatic heterocycles. The molecule has 110 valence electrons. The maximum atomic E-state index is 5.36. The highest BCUT2D eigenvalue weighted by molar-refractivity contribution is 7.71.